The summed E-state index contributed by atoms with van der Waals surface area (Å²) in [5, 5.41) is 8.30. The van der Waals surface area contributed by atoms with Gasteiger partial charge in [-0.05, 0) is 19.3 Å². The second kappa shape index (κ2) is 11.6. The maximum Gasteiger partial charge on any atom is 0.0827 e. The zero-order valence-electron chi connectivity index (χ0n) is 12.1. The van der Waals surface area contributed by atoms with Gasteiger partial charge >= 0.3 is 0 Å². The molecule has 0 unspecified atom stereocenters. The fraction of sp³-hybridized carbons (Fsp3) is 0.857. The molecule has 0 spiro atoms. The molecule has 0 atom stereocenters. The number of aromatic nitrogens is 3. The van der Waals surface area contributed by atoms with Gasteiger partial charge in [0.25, 0.3) is 0 Å². The Kier molecular flexibility index (Phi) is 11.0. The number of hydrogen-bond donors (Lipinski definition) is 0. The fourth-order valence-electron chi connectivity index (χ4n) is 1.62. The minimum absolute atomic E-state index is 1.03. The lowest BCUT2D eigenvalue weighted by molar-refractivity contribution is 0.527. The van der Waals surface area contributed by atoms with Crippen molar-refractivity contribution in [3.8, 4) is 0 Å². The summed E-state index contributed by atoms with van der Waals surface area (Å²) in [4.78, 5) is 0. The van der Waals surface area contributed by atoms with E-state index in [2.05, 4.69) is 30.4 Å². The van der Waals surface area contributed by atoms with E-state index >= 15 is 0 Å². The second-order valence-corrected chi connectivity index (χ2v) is 4.14. The highest BCUT2D eigenvalue weighted by Crippen LogP contribution is 2.03. The molecule has 1 rings (SSSR count). The number of hydrogen-bond acceptors (Lipinski definition) is 2. The Bertz CT molecular complexity index is 256. The first-order valence-corrected chi connectivity index (χ1v) is 7.25. The summed E-state index contributed by atoms with van der Waals surface area (Å²) in [6.45, 7) is 9.46. The van der Waals surface area contributed by atoms with E-state index in [-0.39, 0.29) is 0 Å². The van der Waals surface area contributed by atoms with Crippen LogP contribution >= 0.6 is 0 Å². The average Bonchev–Trinajstić information content (AvgIpc) is 2.82. The van der Waals surface area contributed by atoms with Gasteiger partial charge in [-0.1, -0.05) is 58.6 Å². The van der Waals surface area contributed by atoms with Crippen molar-refractivity contribution in [1.29, 1.82) is 0 Å². The smallest absolute Gasteiger partial charge is 0.0827 e. The maximum atomic E-state index is 4.17. The minimum atomic E-state index is 1.03. The van der Waals surface area contributed by atoms with Crippen molar-refractivity contribution in [2.24, 2.45) is 0 Å². The Morgan fingerprint density at radius 2 is 1.71 bits per heavy atom. The highest BCUT2D eigenvalue weighted by molar-refractivity contribution is 4.91. The molecule has 100 valence electrons. The highest BCUT2D eigenvalue weighted by Gasteiger charge is 1.99. The first-order chi connectivity index (χ1) is 8.36. The molecule has 0 bridgehead atoms. The molecular weight excluding hydrogens is 210 g/mol. The van der Waals surface area contributed by atoms with Crippen LogP contribution in [0.1, 0.15) is 71.9 Å². The Labute approximate surface area is 107 Å². The zero-order valence-corrected chi connectivity index (χ0v) is 12.1. The van der Waals surface area contributed by atoms with Crippen molar-refractivity contribution in [3.63, 3.8) is 0 Å². The SMILES string of the molecule is CC.CCCCCCn1cc(CCCC)nn1. The van der Waals surface area contributed by atoms with Gasteiger partial charge < -0.3 is 0 Å². The third kappa shape index (κ3) is 7.94. The molecule has 0 amide bonds. The second-order valence-electron chi connectivity index (χ2n) is 4.14. The third-order valence-corrected chi connectivity index (χ3v) is 2.61. The molecule has 1 aromatic heterocycles. The molecule has 17 heavy (non-hydrogen) atoms. The summed E-state index contributed by atoms with van der Waals surface area (Å²) in [5.74, 6) is 0. The van der Waals surface area contributed by atoms with Crippen LogP contribution in [0.4, 0.5) is 0 Å². The van der Waals surface area contributed by atoms with Gasteiger partial charge in [0.15, 0.2) is 0 Å². The van der Waals surface area contributed by atoms with E-state index in [1.807, 2.05) is 18.5 Å². The molecule has 0 N–H and O–H groups in total. The normalized spacial score (nSPS) is 9.88. The molecule has 1 aromatic rings. The highest BCUT2D eigenvalue weighted by atomic mass is 15.4. The molecule has 0 saturated heterocycles. The van der Waals surface area contributed by atoms with E-state index in [4.69, 9.17) is 0 Å². The van der Waals surface area contributed by atoms with Crippen molar-refractivity contribution in [2.75, 3.05) is 0 Å². The van der Waals surface area contributed by atoms with Gasteiger partial charge in [0.05, 0.1) is 5.69 Å². The summed E-state index contributed by atoms with van der Waals surface area (Å²) in [5.41, 5.74) is 1.15. The molecule has 1 heterocycles. The van der Waals surface area contributed by atoms with Crippen LogP contribution in [-0.2, 0) is 13.0 Å². The quantitative estimate of drug-likeness (QED) is 0.636. The first kappa shape index (κ1) is 16.1. The Morgan fingerprint density at radius 1 is 1.00 bits per heavy atom. The molecule has 0 aliphatic carbocycles. The standard InChI is InChI=1S/C12H23N3.C2H6/c1-3-5-7-8-10-15-11-12(13-14-15)9-6-4-2;1-2/h11H,3-10H2,1-2H3;1-2H3. The van der Waals surface area contributed by atoms with Crippen LogP contribution in [0.5, 0.6) is 0 Å². The predicted octanol–water partition coefficient (Wildman–Crippen LogP) is 4.23. The van der Waals surface area contributed by atoms with Gasteiger partial charge in [0, 0.05) is 12.7 Å². The van der Waals surface area contributed by atoms with E-state index in [0.717, 1.165) is 18.7 Å². The lowest BCUT2D eigenvalue weighted by Crippen LogP contribution is -1.98. The van der Waals surface area contributed by atoms with E-state index in [1.54, 1.807) is 0 Å². The summed E-state index contributed by atoms with van der Waals surface area (Å²) in [7, 11) is 0. The molecule has 3 nitrogen and oxygen atoms in total. The number of rotatable bonds is 8. The van der Waals surface area contributed by atoms with Gasteiger partial charge in [-0.25, -0.2) is 0 Å². The Hall–Kier alpha value is -0.860. The van der Waals surface area contributed by atoms with E-state index in [1.165, 1.54) is 38.5 Å². The lowest BCUT2D eigenvalue weighted by Gasteiger charge is -1.98. The van der Waals surface area contributed by atoms with Gasteiger partial charge in [0.1, 0.15) is 0 Å². The van der Waals surface area contributed by atoms with E-state index in [9.17, 15) is 0 Å². The molecule has 0 aliphatic rings. The molecule has 0 fully saturated rings. The number of nitrogens with zero attached hydrogens (tertiary/aromatic N) is 3. The van der Waals surface area contributed by atoms with Gasteiger partial charge in [-0.2, -0.15) is 0 Å². The first-order valence-electron chi connectivity index (χ1n) is 7.25. The van der Waals surface area contributed by atoms with Gasteiger partial charge in [0.2, 0.25) is 0 Å². The van der Waals surface area contributed by atoms with Crippen LogP contribution in [0.2, 0.25) is 0 Å². The summed E-state index contributed by atoms with van der Waals surface area (Å²) in [6, 6.07) is 0. The molecule has 0 saturated carbocycles. The summed E-state index contributed by atoms with van der Waals surface area (Å²) in [6.07, 6.45) is 10.8. The van der Waals surface area contributed by atoms with Crippen molar-refractivity contribution < 1.29 is 0 Å². The van der Waals surface area contributed by atoms with Crippen LogP contribution in [0.3, 0.4) is 0 Å². The zero-order chi connectivity index (χ0) is 12.9. The van der Waals surface area contributed by atoms with Gasteiger partial charge in [-0.3, -0.25) is 4.68 Å². The van der Waals surface area contributed by atoms with E-state index < -0.39 is 0 Å². The molecule has 0 aromatic carbocycles. The van der Waals surface area contributed by atoms with Gasteiger partial charge in [-0.15, -0.1) is 5.10 Å². The van der Waals surface area contributed by atoms with Crippen molar-refractivity contribution in [2.45, 2.75) is 79.2 Å². The predicted molar refractivity (Wildman–Crippen MR) is 74.1 cm³/mol. The topological polar surface area (TPSA) is 30.7 Å². The summed E-state index contributed by atoms with van der Waals surface area (Å²) < 4.78 is 1.99. The van der Waals surface area contributed by atoms with Crippen molar-refractivity contribution in [1.82, 2.24) is 15.0 Å². The Balaban J connectivity index is 0.00000121. The van der Waals surface area contributed by atoms with Crippen LogP contribution in [0, 0.1) is 0 Å². The molecular formula is C14H29N3. The van der Waals surface area contributed by atoms with Crippen molar-refractivity contribution in [3.05, 3.63) is 11.9 Å². The lowest BCUT2D eigenvalue weighted by atomic mass is 10.2. The number of unbranched alkanes of at least 4 members (excludes halogenated alkanes) is 4. The Morgan fingerprint density at radius 3 is 2.35 bits per heavy atom. The fourth-order valence-corrected chi connectivity index (χ4v) is 1.62. The molecule has 0 aliphatic heterocycles. The van der Waals surface area contributed by atoms with E-state index in [0.29, 0.717) is 0 Å². The van der Waals surface area contributed by atoms with Crippen LogP contribution in [-0.4, -0.2) is 15.0 Å². The van der Waals surface area contributed by atoms with Crippen molar-refractivity contribution >= 4 is 0 Å². The molecule has 3 heteroatoms. The molecule has 0 radical (unpaired) electrons. The largest absolute Gasteiger partial charge is 0.252 e. The van der Waals surface area contributed by atoms with Crippen LogP contribution < -0.4 is 0 Å². The monoisotopic (exact) mass is 239 g/mol. The van der Waals surface area contributed by atoms with Crippen LogP contribution in [0.15, 0.2) is 6.20 Å². The summed E-state index contributed by atoms with van der Waals surface area (Å²) >= 11 is 0. The van der Waals surface area contributed by atoms with Crippen LogP contribution in [0.25, 0.3) is 0 Å². The average molecular weight is 239 g/mol. The minimum Gasteiger partial charge on any atom is -0.252 e. The third-order valence-electron chi connectivity index (χ3n) is 2.61. The maximum absolute atomic E-state index is 4.17. The number of aryl methyl sites for hydroxylation is 2.